The van der Waals surface area contributed by atoms with Crippen LogP contribution in [-0.2, 0) is 14.2 Å². The minimum absolute atomic E-state index is 0.0393. The zero-order chi connectivity index (χ0) is 10.4. The van der Waals surface area contributed by atoms with E-state index in [0.717, 1.165) is 6.42 Å². The van der Waals surface area contributed by atoms with E-state index in [1.807, 2.05) is 7.05 Å². The first kappa shape index (κ1) is 10.4. The van der Waals surface area contributed by atoms with E-state index in [0.29, 0.717) is 6.61 Å². The van der Waals surface area contributed by atoms with Crippen LogP contribution >= 0.6 is 0 Å². The lowest BCUT2D eigenvalue weighted by atomic mass is 9.88. The topological polar surface area (TPSA) is 43.0 Å². The Morgan fingerprint density at radius 1 is 1.50 bits per heavy atom. The highest BCUT2D eigenvalue weighted by Gasteiger charge is 2.76. The van der Waals surface area contributed by atoms with Gasteiger partial charge >= 0.3 is 0 Å². The Morgan fingerprint density at radius 2 is 2.21 bits per heavy atom. The molecule has 2 radical (unpaired) electrons. The summed E-state index contributed by atoms with van der Waals surface area (Å²) in [4.78, 5) is 0. The van der Waals surface area contributed by atoms with E-state index in [2.05, 4.69) is 12.2 Å². The molecule has 0 aromatic rings. The number of ether oxygens (including phenoxy) is 3. The van der Waals surface area contributed by atoms with Crippen molar-refractivity contribution in [1.29, 1.82) is 0 Å². The fourth-order valence-electron chi connectivity index (χ4n) is 2.49. The molecule has 2 aliphatic rings. The lowest BCUT2D eigenvalue weighted by Gasteiger charge is -2.34. The van der Waals surface area contributed by atoms with Crippen LogP contribution in [0.25, 0.3) is 0 Å². The summed E-state index contributed by atoms with van der Waals surface area (Å²) in [5.41, 5.74) is -0.877. The quantitative estimate of drug-likeness (QED) is 0.492. The summed E-state index contributed by atoms with van der Waals surface area (Å²) < 4.78 is 16.6. The molecule has 0 aromatic heterocycles. The molecule has 5 heteroatoms. The molecule has 0 bridgehead atoms. The lowest BCUT2D eigenvalue weighted by molar-refractivity contribution is -0.144. The fourth-order valence-corrected chi connectivity index (χ4v) is 2.49. The predicted molar refractivity (Wildman–Crippen MR) is 52.2 cm³/mol. The predicted octanol–water partition coefficient (Wildman–Crippen LogP) is -0.379. The number of fused-ring (bicyclic) bond motifs is 1. The summed E-state index contributed by atoms with van der Waals surface area (Å²) in [6.07, 6.45) is 0.772. The molecule has 0 amide bonds. The fraction of sp³-hybridized carbons (Fsp3) is 1.00. The molecule has 14 heavy (non-hydrogen) atoms. The number of methoxy groups -OCH3 is 1. The minimum Gasteiger partial charge on any atom is -0.382 e. The number of hydrogen-bond acceptors (Lipinski definition) is 4. The highest BCUT2D eigenvalue weighted by molar-refractivity contribution is 6.12. The molecule has 0 saturated carbocycles. The summed E-state index contributed by atoms with van der Waals surface area (Å²) >= 11 is 0. The van der Waals surface area contributed by atoms with Crippen LogP contribution in [0.1, 0.15) is 13.3 Å². The molecule has 2 rings (SSSR count). The van der Waals surface area contributed by atoms with Gasteiger partial charge in [-0.25, -0.2) is 0 Å². The van der Waals surface area contributed by atoms with Crippen molar-refractivity contribution in [3.05, 3.63) is 0 Å². The van der Waals surface area contributed by atoms with Gasteiger partial charge in [-0.05, 0) is 13.5 Å². The summed E-state index contributed by atoms with van der Waals surface area (Å²) in [7, 11) is 9.34. The molecule has 4 atom stereocenters. The number of hydrogen-bond donors (Lipinski definition) is 1. The van der Waals surface area contributed by atoms with Gasteiger partial charge in [0.15, 0.2) is 5.72 Å². The van der Waals surface area contributed by atoms with Gasteiger partial charge in [0.1, 0.15) is 19.6 Å². The van der Waals surface area contributed by atoms with E-state index >= 15 is 0 Å². The monoisotopic (exact) mass is 197 g/mol. The normalized spacial score (nSPS) is 50.5. The maximum Gasteiger partial charge on any atom is 0.179 e. The first-order valence-electron chi connectivity index (χ1n) is 4.95. The first-order chi connectivity index (χ1) is 6.65. The average molecular weight is 197 g/mol. The van der Waals surface area contributed by atoms with Crippen molar-refractivity contribution in [2.24, 2.45) is 0 Å². The summed E-state index contributed by atoms with van der Waals surface area (Å²) in [6, 6.07) is -0.349. The molecule has 2 aliphatic heterocycles. The van der Waals surface area contributed by atoms with E-state index in [-0.39, 0.29) is 12.1 Å². The van der Waals surface area contributed by atoms with Crippen molar-refractivity contribution in [2.75, 3.05) is 20.8 Å². The van der Waals surface area contributed by atoms with E-state index in [1.54, 1.807) is 7.11 Å². The van der Waals surface area contributed by atoms with Crippen molar-refractivity contribution in [3.63, 3.8) is 0 Å². The summed E-state index contributed by atoms with van der Waals surface area (Å²) in [5, 5.41) is 3.16. The van der Waals surface area contributed by atoms with Crippen molar-refractivity contribution in [2.45, 2.75) is 36.8 Å². The summed E-state index contributed by atoms with van der Waals surface area (Å²) in [6.45, 7) is 2.55. The van der Waals surface area contributed by atoms with Crippen LogP contribution in [-0.4, -0.2) is 52.0 Å². The lowest BCUT2D eigenvalue weighted by Crippen LogP contribution is -2.55. The van der Waals surface area contributed by atoms with E-state index in [9.17, 15) is 0 Å². The van der Waals surface area contributed by atoms with E-state index < -0.39 is 11.3 Å². The Kier molecular flexibility index (Phi) is 2.38. The molecule has 2 heterocycles. The van der Waals surface area contributed by atoms with E-state index in [4.69, 9.17) is 22.1 Å². The second kappa shape index (κ2) is 3.20. The van der Waals surface area contributed by atoms with Gasteiger partial charge in [-0.2, -0.15) is 0 Å². The second-order valence-electron chi connectivity index (χ2n) is 3.89. The van der Waals surface area contributed by atoms with Crippen LogP contribution in [0.5, 0.6) is 0 Å². The van der Waals surface area contributed by atoms with Gasteiger partial charge in [-0.3, -0.25) is 5.32 Å². The van der Waals surface area contributed by atoms with Crippen molar-refractivity contribution < 1.29 is 14.2 Å². The van der Waals surface area contributed by atoms with Gasteiger partial charge in [-0.1, -0.05) is 6.92 Å². The molecule has 78 valence electrons. The van der Waals surface area contributed by atoms with Crippen LogP contribution < -0.4 is 5.32 Å². The number of nitrogens with one attached hydrogen (secondary N) is 1. The molecular weight excluding hydrogens is 181 g/mol. The standard InChI is InChI=1S/C9H16BNO3/c1-4-8(5-12-3)9(11-2)6(13-9)7(10)14-8/h6-7,11H,4-5H2,1-3H3/t6?,7-,8-,9?/m1/s1. The third kappa shape index (κ3) is 1.04. The largest absolute Gasteiger partial charge is 0.382 e. The maximum absolute atomic E-state index is 5.82. The average Bonchev–Trinajstić information content (AvgIpc) is 2.88. The number of rotatable bonds is 4. The number of likely N-dealkylation sites (N-methyl/N-ethyl adjacent to an activating group) is 1. The van der Waals surface area contributed by atoms with Gasteiger partial charge in [0.05, 0.1) is 6.61 Å². The Bertz CT molecular complexity index is 240. The van der Waals surface area contributed by atoms with Gasteiger partial charge in [0, 0.05) is 13.1 Å². The summed E-state index contributed by atoms with van der Waals surface area (Å²) in [5.74, 6) is 0. The molecule has 1 N–H and O–H groups in total. The van der Waals surface area contributed by atoms with E-state index in [1.165, 1.54) is 0 Å². The third-order valence-corrected chi connectivity index (χ3v) is 3.31. The van der Waals surface area contributed by atoms with Gasteiger partial charge in [0.2, 0.25) is 0 Å². The minimum atomic E-state index is -0.444. The van der Waals surface area contributed by atoms with Crippen molar-refractivity contribution in [1.82, 2.24) is 5.32 Å². The van der Waals surface area contributed by atoms with Gasteiger partial charge in [0.25, 0.3) is 0 Å². The molecule has 2 unspecified atom stereocenters. The second-order valence-corrected chi connectivity index (χ2v) is 3.89. The van der Waals surface area contributed by atoms with Crippen LogP contribution in [0.15, 0.2) is 0 Å². The van der Waals surface area contributed by atoms with Gasteiger partial charge in [-0.15, -0.1) is 0 Å². The molecule has 2 fully saturated rings. The molecular formula is C9H16BNO3. The highest BCUT2D eigenvalue weighted by atomic mass is 16.7. The smallest absolute Gasteiger partial charge is 0.179 e. The molecule has 0 aliphatic carbocycles. The van der Waals surface area contributed by atoms with Crippen molar-refractivity contribution >= 4 is 7.85 Å². The Hall–Kier alpha value is -0.0951. The molecule has 2 saturated heterocycles. The highest BCUT2D eigenvalue weighted by Crippen LogP contribution is 2.54. The zero-order valence-electron chi connectivity index (χ0n) is 8.87. The molecule has 0 spiro atoms. The van der Waals surface area contributed by atoms with Gasteiger partial charge < -0.3 is 14.2 Å². The Labute approximate surface area is 85.7 Å². The SMILES string of the molecule is [B][C@@H]1O[C@](CC)(COC)C2(NC)OC12. The Morgan fingerprint density at radius 3 is 2.64 bits per heavy atom. The van der Waals surface area contributed by atoms with Crippen LogP contribution in [0.4, 0.5) is 0 Å². The first-order valence-corrected chi connectivity index (χ1v) is 4.95. The van der Waals surface area contributed by atoms with Crippen LogP contribution in [0.3, 0.4) is 0 Å². The van der Waals surface area contributed by atoms with Crippen molar-refractivity contribution in [3.8, 4) is 0 Å². The third-order valence-electron chi connectivity index (χ3n) is 3.31. The van der Waals surface area contributed by atoms with Crippen LogP contribution in [0, 0.1) is 0 Å². The number of epoxide rings is 1. The Balaban J connectivity index is 2.24. The zero-order valence-corrected chi connectivity index (χ0v) is 8.87. The maximum atomic E-state index is 5.82. The molecule has 0 aromatic carbocycles. The van der Waals surface area contributed by atoms with Crippen LogP contribution in [0.2, 0.25) is 0 Å². The molecule has 4 nitrogen and oxygen atoms in total.